The molecule has 2 N–H and O–H groups in total. The Kier molecular flexibility index (Phi) is 5.59. The number of ketones is 1. The lowest BCUT2D eigenvalue weighted by molar-refractivity contribution is 0.0708. The van der Waals surface area contributed by atoms with Crippen LogP contribution in [0.15, 0.2) is 47.4 Å². The second kappa shape index (κ2) is 8.75. The van der Waals surface area contributed by atoms with E-state index in [1.54, 1.807) is 18.2 Å². The summed E-state index contributed by atoms with van der Waals surface area (Å²) in [6, 6.07) is 8.25. The fourth-order valence-electron chi connectivity index (χ4n) is 4.01. The van der Waals surface area contributed by atoms with Gasteiger partial charge in [0.1, 0.15) is 18.3 Å². The Balaban J connectivity index is 1.34. The summed E-state index contributed by atoms with van der Waals surface area (Å²) in [5, 5.41) is 10.5. The fourth-order valence-corrected chi connectivity index (χ4v) is 4.01. The van der Waals surface area contributed by atoms with E-state index < -0.39 is 34.5 Å². The predicted molar refractivity (Wildman–Crippen MR) is 118 cm³/mol. The van der Waals surface area contributed by atoms with E-state index in [2.05, 4.69) is 5.43 Å². The highest BCUT2D eigenvalue weighted by Gasteiger charge is 2.31. The minimum absolute atomic E-state index is 0.0387. The van der Waals surface area contributed by atoms with Crippen LogP contribution in [0.1, 0.15) is 38.4 Å². The summed E-state index contributed by atoms with van der Waals surface area (Å²) in [6.45, 7) is 0.323. The number of amides is 1. The summed E-state index contributed by atoms with van der Waals surface area (Å²) in [5.74, 6) is -2.49. The third kappa shape index (κ3) is 4.16. The number of pyridine rings is 1. The van der Waals surface area contributed by atoms with E-state index in [-0.39, 0.29) is 49.7 Å². The minimum atomic E-state index is -0.999. The highest BCUT2D eigenvalue weighted by atomic mass is 19.1. The zero-order valence-corrected chi connectivity index (χ0v) is 18.2. The fraction of sp³-hybridized carbons (Fsp3) is 0.208. The molecule has 5 rings (SSSR count). The Morgan fingerprint density at radius 3 is 2.69 bits per heavy atom. The molecule has 2 aliphatic heterocycles. The SMILES string of the molecule is O=C(CCc1ccc(F)cc1F)c1cn2c(c(O)c1=O)C(=O)N(Cc1ccc3c(c1)OCO3)CN2. The Labute approximate surface area is 197 Å². The molecule has 2 aromatic carbocycles. The monoisotopic (exact) mass is 483 g/mol. The number of ether oxygens (including phenoxy) is 2. The van der Waals surface area contributed by atoms with E-state index >= 15 is 0 Å². The minimum Gasteiger partial charge on any atom is -0.502 e. The molecule has 1 aromatic heterocycles. The number of hydrogen-bond acceptors (Lipinski definition) is 7. The summed E-state index contributed by atoms with van der Waals surface area (Å²) in [4.78, 5) is 39.8. The average Bonchev–Trinajstić information content (AvgIpc) is 3.30. The molecule has 3 heterocycles. The van der Waals surface area contributed by atoms with Gasteiger partial charge in [-0.05, 0) is 35.7 Å². The van der Waals surface area contributed by atoms with E-state index in [4.69, 9.17) is 9.47 Å². The Hall–Kier alpha value is -4.41. The number of carbonyl (C=O) groups excluding carboxylic acids is 2. The third-order valence-corrected chi connectivity index (χ3v) is 5.85. The molecule has 0 bridgehead atoms. The molecule has 180 valence electrons. The first-order valence-corrected chi connectivity index (χ1v) is 10.7. The summed E-state index contributed by atoms with van der Waals surface area (Å²) in [6.07, 6.45) is 0.833. The molecule has 0 atom stereocenters. The number of hydrogen-bond donors (Lipinski definition) is 2. The second-order valence-corrected chi connectivity index (χ2v) is 8.10. The third-order valence-electron chi connectivity index (χ3n) is 5.85. The number of rotatable bonds is 6. The molecule has 0 saturated carbocycles. The van der Waals surface area contributed by atoms with Crippen molar-refractivity contribution >= 4 is 11.7 Å². The molecule has 0 aliphatic carbocycles. The van der Waals surface area contributed by atoms with E-state index in [1.807, 2.05) is 0 Å². The van der Waals surface area contributed by atoms with Gasteiger partial charge in [-0.15, -0.1) is 0 Å². The van der Waals surface area contributed by atoms with Gasteiger partial charge in [0, 0.05) is 25.2 Å². The first-order chi connectivity index (χ1) is 16.8. The van der Waals surface area contributed by atoms with Gasteiger partial charge in [-0.2, -0.15) is 0 Å². The van der Waals surface area contributed by atoms with Crippen molar-refractivity contribution < 1.29 is 33.0 Å². The van der Waals surface area contributed by atoms with Crippen LogP contribution in [0.5, 0.6) is 17.2 Å². The summed E-state index contributed by atoms with van der Waals surface area (Å²) in [5.41, 5.74) is 2.10. The number of benzene rings is 2. The van der Waals surface area contributed by atoms with Crippen molar-refractivity contribution in [3.05, 3.63) is 86.8 Å². The normalized spacial score (nSPS) is 14.0. The van der Waals surface area contributed by atoms with Crippen LogP contribution >= 0.6 is 0 Å². The van der Waals surface area contributed by atoms with Gasteiger partial charge >= 0.3 is 0 Å². The number of aromatic hydroxyl groups is 1. The van der Waals surface area contributed by atoms with Crippen LogP contribution < -0.4 is 20.3 Å². The summed E-state index contributed by atoms with van der Waals surface area (Å²) >= 11 is 0. The van der Waals surface area contributed by atoms with Crippen LogP contribution in [0, 0.1) is 11.6 Å². The number of aromatic nitrogens is 1. The van der Waals surface area contributed by atoms with Gasteiger partial charge in [-0.25, -0.2) is 8.78 Å². The first kappa shape index (κ1) is 22.4. The first-order valence-electron chi connectivity index (χ1n) is 10.7. The molecule has 11 heteroatoms. The lowest BCUT2D eigenvalue weighted by atomic mass is 10.0. The number of fused-ring (bicyclic) bond motifs is 2. The van der Waals surface area contributed by atoms with E-state index in [0.29, 0.717) is 17.6 Å². The van der Waals surface area contributed by atoms with Crippen molar-refractivity contribution in [2.24, 2.45) is 0 Å². The maximum atomic E-state index is 13.9. The lowest BCUT2D eigenvalue weighted by Crippen LogP contribution is -2.46. The molecule has 1 amide bonds. The largest absolute Gasteiger partial charge is 0.502 e. The van der Waals surface area contributed by atoms with E-state index in [1.165, 1.54) is 11.0 Å². The van der Waals surface area contributed by atoms with Crippen LogP contribution in [-0.2, 0) is 13.0 Å². The van der Waals surface area contributed by atoms with Gasteiger partial charge in [-0.3, -0.25) is 19.1 Å². The summed E-state index contributed by atoms with van der Waals surface area (Å²) < 4.78 is 38.7. The van der Waals surface area contributed by atoms with Crippen molar-refractivity contribution in [1.82, 2.24) is 9.58 Å². The molecule has 0 radical (unpaired) electrons. The van der Waals surface area contributed by atoms with Crippen molar-refractivity contribution in [2.45, 2.75) is 19.4 Å². The number of nitrogens with one attached hydrogen (secondary N) is 1. The van der Waals surface area contributed by atoms with Crippen molar-refractivity contribution in [1.29, 1.82) is 0 Å². The lowest BCUT2D eigenvalue weighted by Gasteiger charge is -2.31. The predicted octanol–water partition coefficient (Wildman–Crippen LogP) is 2.53. The molecule has 9 nitrogen and oxygen atoms in total. The molecule has 2 aliphatic rings. The zero-order valence-electron chi connectivity index (χ0n) is 18.2. The Morgan fingerprint density at radius 2 is 1.89 bits per heavy atom. The van der Waals surface area contributed by atoms with Crippen molar-refractivity contribution in [3.8, 4) is 17.2 Å². The number of carbonyl (C=O) groups is 2. The van der Waals surface area contributed by atoms with Gasteiger partial charge in [0.2, 0.25) is 12.2 Å². The van der Waals surface area contributed by atoms with E-state index in [9.17, 15) is 28.3 Å². The Morgan fingerprint density at radius 1 is 1.09 bits per heavy atom. The summed E-state index contributed by atoms with van der Waals surface area (Å²) in [7, 11) is 0. The highest BCUT2D eigenvalue weighted by molar-refractivity contribution is 6.00. The molecular weight excluding hydrogens is 464 g/mol. The molecule has 35 heavy (non-hydrogen) atoms. The van der Waals surface area contributed by atoms with Crippen molar-refractivity contribution in [2.75, 3.05) is 18.9 Å². The highest BCUT2D eigenvalue weighted by Crippen LogP contribution is 2.33. The van der Waals surface area contributed by atoms with Crippen LogP contribution in [0.2, 0.25) is 0 Å². The zero-order chi connectivity index (χ0) is 24.7. The number of nitrogens with zero attached hydrogens (tertiary/aromatic N) is 2. The number of aryl methyl sites for hydroxylation is 1. The number of halogens is 2. The van der Waals surface area contributed by atoms with Crippen LogP contribution in [-0.4, -0.2) is 39.8 Å². The second-order valence-electron chi connectivity index (χ2n) is 8.10. The molecular formula is C24H19F2N3O6. The molecule has 0 spiro atoms. The average molecular weight is 483 g/mol. The smallest absolute Gasteiger partial charge is 0.278 e. The Bertz CT molecular complexity index is 1420. The molecule has 0 fully saturated rings. The molecule has 0 unspecified atom stereocenters. The quantitative estimate of drug-likeness (QED) is 0.519. The maximum Gasteiger partial charge on any atom is 0.278 e. The number of Topliss-reactive ketones (excluding diaryl/α,β-unsaturated/α-hetero) is 1. The molecule has 3 aromatic rings. The molecule has 0 saturated heterocycles. The topological polar surface area (TPSA) is 110 Å². The van der Waals surface area contributed by atoms with Gasteiger partial charge in [0.15, 0.2) is 28.7 Å². The van der Waals surface area contributed by atoms with Gasteiger partial charge in [0.25, 0.3) is 5.91 Å². The standard InChI is InChI=1S/C24H19F2N3O6/c25-15-4-2-14(17(26)8-15)3-5-18(30)16-10-29-21(23(32)22(16)31)24(33)28(11-27-29)9-13-1-6-19-20(7-13)35-12-34-19/h1-2,4,6-8,10,27,32H,3,5,9,11-12H2. The van der Waals surface area contributed by atoms with Gasteiger partial charge in [0.05, 0.1) is 5.56 Å². The van der Waals surface area contributed by atoms with Crippen LogP contribution in [0.3, 0.4) is 0 Å². The van der Waals surface area contributed by atoms with Crippen LogP contribution in [0.4, 0.5) is 8.78 Å². The van der Waals surface area contributed by atoms with Gasteiger partial charge < -0.3 is 24.9 Å². The van der Waals surface area contributed by atoms with Crippen LogP contribution in [0.25, 0.3) is 0 Å². The van der Waals surface area contributed by atoms with E-state index in [0.717, 1.165) is 22.5 Å². The maximum absolute atomic E-state index is 13.9. The van der Waals surface area contributed by atoms with Crippen molar-refractivity contribution in [3.63, 3.8) is 0 Å². The van der Waals surface area contributed by atoms with Gasteiger partial charge in [-0.1, -0.05) is 12.1 Å².